The minimum Gasteiger partial charge on any atom is -0.343 e. The molecule has 2 heterocycles. The molecule has 0 spiro atoms. The molecule has 0 aromatic heterocycles. The van der Waals surface area contributed by atoms with Crippen LogP contribution in [0.2, 0.25) is 0 Å². The molecule has 0 atom stereocenters. The van der Waals surface area contributed by atoms with Gasteiger partial charge in [-0.25, -0.2) is 0 Å². The molecule has 4 nitrogen and oxygen atoms in total. The van der Waals surface area contributed by atoms with Crippen molar-refractivity contribution in [2.75, 3.05) is 32.7 Å². The number of carbonyl (C=O) groups excluding carboxylic acids is 1. The fraction of sp³-hybridized carbons (Fsp3) is 0.923. The first-order chi connectivity index (χ1) is 8.25. The zero-order valence-electron chi connectivity index (χ0n) is 10.7. The van der Waals surface area contributed by atoms with Gasteiger partial charge in [0.1, 0.15) is 0 Å². The van der Waals surface area contributed by atoms with Crippen LogP contribution in [0.3, 0.4) is 0 Å². The lowest BCUT2D eigenvalue weighted by Gasteiger charge is -2.31. The highest BCUT2D eigenvalue weighted by Crippen LogP contribution is 2.12. The molecule has 0 saturated carbocycles. The van der Waals surface area contributed by atoms with Crippen LogP contribution >= 0.6 is 0 Å². The predicted molar refractivity (Wildman–Crippen MR) is 68.7 cm³/mol. The van der Waals surface area contributed by atoms with Crippen molar-refractivity contribution in [3.8, 4) is 0 Å². The van der Waals surface area contributed by atoms with E-state index in [1.807, 2.05) is 4.90 Å². The number of amides is 1. The lowest BCUT2D eigenvalue weighted by molar-refractivity contribution is -0.132. The predicted octanol–water partition coefficient (Wildman–Crippen LogP) is 0.812. The lowest BCUT2D eigenvalue weighted by atomic mass is 10.1. The third-order valence-corrected chi connectivity index (χ3v) is 3.98. The van der Waals surface area contributed by atoms with Crippen molar-refractivity contribution in [3.63, 3.8) is 0 Å². The summed E-state index contributed by atoms with van der Waals surface area (Å²) in [7, 11) is 0. The van der Waals surface area contributed by atoms with Gasteiger partial charge in [-0.15, -0.1) is 0 Å². The molecule has 2 aliphatic heterocycles. The second kappa shape index (κ2) is 6.36. The molecule has 0 aromatic carbocycles. The van der Waals surface area contributed by atoms with Crippen LogP contribution in [0.4, 0.5) is 0 Å². The highest BCUT2D eigenvalue weighted by molar-refractivity contribution is 5.76. The molecular weight excluding hydrogens is 214 g/mol. The number of carbonyl (C=O) groups is 1. The maximum atomic E-state index is 12.0. The fourth-order valence-corrected chi connectivity index (χ4v) is 2.74. The van der Waals surface area contributed by atoms with Gasteiger partial charge >= 0.3 is 0 Å². The summed E-state index contributed by atoms with van der Waals surface area (Å²) in [4.78, 5) is 16.4. The maximum Gasteiger partial charge on any atom is 0.223 e. The summed E-state index contributed by atoms with van der Waals surface area (Å²) >= 11 is 0. The first-order valence-corrected chi connectivity index (χ1v) is 7.01. The Morgan fingerprint density at radius 1 is 1.06 bits per heavy atom. The maximum absolute atomic E-state index is 12.0. The Morgan fingerprint density at radius 2 is 1.71 bits per heavy atom. The summed E-state index contributed by atoms with van der Waals surface area (Å²) in [6, 6.07) is 0.307. The standard InChI is InChI=1S/C13H25N3O/c14-12-4-10-16(11-5-12)13(17)6-9-15-7-2-1-3-8-15/h12H,1-11,14H2. The Labute approximate surface area is 104 Å². The second-order valence-corrected chi connectivity index (χ2v) is 5.37. The van der Waals surface area contributed by atoms with Gasteiger partial charge in [0.2, 0.25) is 5.91 Å². The van der Waals surface area contributed by atoms with Crippen molar-refractivity contribution in [2.45, 2.75) is 44.6 Å². The Kier molecular flexibility index (Phi) is 4.80. The molecule has 2 rings (SSSR count). The van der Waals surface area contributed by atoms with Crippen LogP contribution in [-0.4, -0.2) is 54.5 Å². The molecule has 2 saturated heterocycles. The average molecular weight is 239 g/mol. The summed E-state index contributed by atoms with van der Waals surface area (Å²) < 4.78 is 0. The average Bonchev–Trinajstić information content (AvgIpc) is 2.38. The van der Waals surface area contributed by atoms with Crippen LogP contribution in [0.5, 0.6) is 0 Å². The van der Waals surface area contributed by atoms with E-state index in [9.17, 15) is 4.79 Å². The monoisotopic (exact) mass is 239 g/mol. The van der Waals surface area contributed by atoms with Gasteiger partial charge in [-0.05, 0) is 38.8 Å². The van der Waals surface area contributed by atoms with Gasteiger partial charge < -0.3 is 15.5 Å². The molecule has 98 valence electrons. The van der Waals surface area contributed by atoms with Gasteiger partial charge in [-0.1, -0.05) is 6.42 Å². The number of likely N-dealkylation sites (tertiary alicyclic amines) is 2. The number of nitrogens with zero attached hydrogens (tertiary/aromatic N) is 2. The number of piperidine rings is 2. The first-order valence-electron chi connectivity index (χ1n) is 7.01. The minimum absolute atomic E-state index is 0.307. The molecule has 0 aromatic rings. The molecule has 17 heavy (non-hydrogen) atoms. The van der Waals surface area contributed by atoms with Gasteiger partial charge in [0.05, 0.1) is 0 Å². The largest absolute Gasteiger partial charge is 0.343 e. The van der Waals surface area contributed by atoms with Crippen molar-refractivity contribution < 1.29 is 4.79 Å². The molecule has 0 unspecified atom stereocenters. The van der Waals surface area contributed by atoms with Gasteiger partial charge in [0.25, 0.3) is 0 Å². The summed E-state index contributed by atoms with van der Waals surface area (Å²) in [5.74, 6) is 0.322. The zero-order chi connectivity index (χ0) is 12.1. The lowest BCUT2D eigenvalue weighted by Crippen LogP contribution is -2.44. The van der Waals surface area contributed by atoms with E-state index in [1.54, 1.807) is 0 Å². The number of nitrogens with two attached hydrogens (primary N) is 1. The van der Waals surface area contributed by atoms with Crippen LogP contribution in [0.25, 0.3) is 0 Å². The van der Waals surface area contributed by atoms with Crippen LogP contribution in [0, 0.1) is 0 Å². The summed E-state index contributed by atoms with van der Waals surface area (Å²) in [6.07, 6.45) is 6.58. The highest BCUT2D eigenvalue weighted by Gasteiger charge is 2.21. The number of hydrogen-bond acceptors (Lipinski definition) is 3. The normalized spacial score (nSPS) is 23.9. The van der Waals surface area contributed by atoms with Crippen molar-refractivity contribution in [3.05, 3.63) is 0 Å². The third-order valence-electron chi connectivity index (χ3n) is 3.98. The second-order valence-electron chi connectivity index (χ2n) is 5.37. The smallest absolute Gasteiger partial charge is 0.223 e. The van der Waals surface area contributed by atoms with E-state index < -0.39 is 0 Å². The van der Waals surface area contributed by atoms with E-state index in [-0.39, 0.29) is 0 Å². The molecule has 2 fully saturated rings. The highest BCUT2D eigenvalue weighted by atomic mass is 16.2. The van der Waals surface area contributed by atoms with E-state index in [0.29, 0.717) is 18.4 Å². The van der Waals surface area contributed by atoms with Crippen molar-refractivity contribution in [1.29, 1.82) is 0 Å². The topological polar surface area (TPSA) is 49.6 Å². The van der Waals surface area contributed by atoms with Gasteiger partial charge in [0.15, 0.2) is 0 Å². The Bertz CT molecular complexity index is 243. The fourth-order valence-electron chi connectivity index (χ4n) is 2.74. The Morgan fingerprint density at radius 3 is 2.35 bits per heavy atom. The molecule has 0 aliphatic carbocycles. The van der Waals surface area contributed by atoms with Crippen LogP contribution < -0.4 is 5.73 Å². The first kappa shape index (κ1) is 12.8. The van der Waals surface area contributed by atoms with E-state index in [1.165, 1.54) is 32.4 Å². The summed E-state index contributed by atoms with van der Waals surface area (Å²) in [5.41, 5.74) is 5.84. The zero-order valence-corrected chi connectivity index (χ0v) is 10.7. The van der Waals surface area contributed by atoms with Crippen molar-refractivity contribution in [2.24, 2.45) is 5.73 Å². The minimum atomic E-state index is 0.307. The van der Waals surface area contributed by atoms with Crippen molar-refractivity contribution in [1.82, 2.24) is 9.80 Å². The van der Waals surface area contributed by atoms with Crippen LogP contribution in [-0.2, 0) is 4.79 Å². The van der Waals surface area contributed by atoms with E-state index >= 15 is 0 Å². The number of rotatable bonds is 3. The van der Waals surface area contributed by atoms with Crippen LogP contribution in [0.1, 0.15) is 38.5 Å². The van der Waals surface area contributed by atoms with E-state index in [2.05, 4.69) is 4.90 Å². The van der Waals surface area contributed by atoms with Gasteiger partial charge in [0, 0.05) is 32.1 Å². The van der Waals surface area contributed by atoms with E-state index in [4.69, 9.17) is 5.73 Å². The van der Waals surface area contributed by atoms with E-state index in [0.717, 1.165) is 32.5 Å². The Balaban J connectivity index is 1.66. The van der Waals surface area contributed by atoms with Crippen LogP contribution in [0.15, 0.2) is 0 Å². The Hall–Kier alpha value is -0.610. The SMILES string of the molecule is NC1CCN(C(=O)CCN2CCCCC2)CC1. The molecule has 0 bridgehead atoms. The molecule has 2 N–H and O–H groups in total. The summed E-state index contributed by atoms with van der Waals surface area (Å²) in [6.45, 7) is 5.03. The van der Waals surface area contributed by atoms with Gasteiger partial charge in [-0.2, -0.15) is 0 Å². The summed E-state index contributed by atoms with van der Waals surface area (Å²) in [5, 5.41) is 0. The number of hydrogen-bond donors (Lipinski definition) is 1. The molecular formula is C13H25N3O. The van der Waals surface area contributed by atoms with Crippen molar-refractivity contribution >= 4 is 5.91 Å². The molecule has 2 aliphatic rings. The molecule has 1 amide bonds. The van der Waals surface area contributed by atoms with Gasteiger partial charge in [-0.3, -0.25) is 4.79 Å². The molecule has 4 heteroatoms. The third kappa shape index (κ3) is 3.96. The quantitative estimate of drug-likeness (QED) is 0.793. The molecule has 0 radical (unpaired) electrons.